The molecule has 1 aliphatic heterocycles. The van der Waals surface area contributed by atoms with Gasteiger partial charge in [0.25, 0.3) is 5.91 Å². The molecule has 3 rings (SSSR count). The summed E-state index contributed by atoms with van der Waals surface area (Å²) in [6, 6.07) is 12.1. The molecular formula is C20H22N2O4. The Labute approximate surface area is 152 Å². The number of hydrogen-bond acceptors (Lipinski definition) is 4. The highest BCUT2D eigenvalue weighted by molar-refractivity contribution is 5.98. The molecule has 1 unspecified atom stereocenters. The van der Waals surface area contributed by atoms with Gasteiger partial charge in [-0.1, -0.05) is 24.3 Å². The van der Waals surface area contributed by atoms with Crippen LogP contribution in [0.5, 0.6) is 11.5 Å². The van der Waals surface area contributed by atoms with Crippen molar-refractivity contribution in [2.75, 3.05) is 13.7 Å². The van der Waals surface area contributed by atoms with E-state index in [1.165, 1.54) is 12.0 Å². The molecule has 0 bridgehead atoms. The van der Waals surface area contributed by atoms with E-state index in [1.807, 2.05) is 31.2 Å². The van der Waals surface area contributed by atoms with Crippen LogP contribution in [0.25, 0.3) is 0 Å². The lowest BCUT2D eigenvalue weighted by molar-refractivity contribution is -0.122. The Hall–Kier alpha value is -3.02. The zero-order valence-electron chi connectivity index (χ0n) is 14.9. The van der Waals surface area contributed by atoms with Gasteiger partial charge in [0.1, 0.15) is 6.04 Å². The normalized spacial score (nSPS) is 15.9. The minimum atomic E-state index is -0.671. The molecule has 0 aromatic heterocycles. The smallest absolute Gasteiger partial charge is 0.254 e. The van der Waals surface area contributed by atoms with Crippen LogP contribution < -0.4 is 15.2 Å². The maximum Gasteiger partial charge on any atom is 0.254 e. The van der Waals surface area contributed by atoms with E-state index >= 15 is 0 Å². The maximum absolute atomic E-state index is 13.1. The van der Waals surface area contributed by atoms with Crippen LogP contribution in [0.3, 0.4) is 0 Å². The molecule has 1 heterocycles. The molecule has 6 heteroatoms. The van der Waals surface area contributed by atoms with E-state index in [4.69, 9.17) is 15.2 Å². The number of carbonyl (C=O) groups excluding carboxylic acids is 2. The van der Waals surface area contributed by atoms with Gasteiger partial charge in [0.15, 0.2) is 11.5 Å². The van der Waals surface area contributed by atoms with Crippen molar-refractivity contribution in [1.29, 1.82) is 0 Å². The lowest BCUT2D eigenvalue weighted by Gasteiger charge is -2.35. The second-order valence-corrected chi connectivity index (χ2v) is 6.12. The van der Waals surface area contributed by atoms with E-state index in [-0.39, 0.29) is 5.91 Å². The zero-order valence-corrected chi connectivity index (χ0v) is 14.9. The average Bonchev–Trinajstić information content (AvgIpc) is 2.66. The zero-order chi connectivity index (χ0) is 18.7. The topological polar surface area (TPSA) is 81.9 Å². The van der Waals surface area contributed by atoms with E-state index in [0.29, 0.717) is 36.6 Å². The highest BCUT2D eigenvalue weighted by Gasteiger charge is 2.34. The Morgan fingerprint density at radius 3 is 2.54 bits per heavy atom. The second-order valence-electron chi connectivity index (χ2n) is 6.12. The average molecular weight is 354 g/mol. The highest BCUT2D eigenvalue weighted by atomic mass is 16.5. The van der Waals surface area contributed by atoms with Crippen LogP contribution in [0, 0.1) is 0 Å². The second kappa shape index (κ2) is 7.47. The summed E-state index contributed by atoms with van der Waals surface area (Å²) >= 11 is 0. The fourth-order valence-electron chi connectivity index (χ4n) is 3.23. The molecule has 0 radical (unpaired) electrons. The Morgan fingerprint density at radius 1 is 1.15 bits per heavy atom. The van der Waals surface area contributed by atoms with Gasteiger partial charge in [-0.15, -0.1) is 0 Å². The minimum absolute atomic E-state index is 0.260. The quantitative estimate of drug-likeness (QED) is 0.892. The van der Waals surface area contributed by atoms with Crippen LogP contribution in [0.4, 0.5) is 0 Å². The molecule has 2 aromatic carbocycles. The molecule has 0 spiro atoms. The summed E-state index contributed by atoms with van der Waals surface area (Å²) in [6.07, 6.45) is 0.422. The van der Waals surface area contributed by atoms with Crippen LogP contribution in [-0.2, 0) is 17.8 Å². The molecule has 1 atom stereocenters. The van der Waals surface area contributed by atoms with Gasteiger partial charge >= 0.3 is 0 Å². The van der Waals surface area contributed by atoms with Crippen molar-refractivity contribution < 1.29 is 19.1 Å². The summed E-state index contributed by atoms with van der Waals surface area (Å²) in [6.45, 7) is 2.72. The number of fused-ring (bicyclic) bond motifs is 1. The first-order valence-corrected chi connectivity index (χ1v) is 8.53. The number of amides is 2. The van der Waals surface area contributed by atoms with Crippen molar-refractivity contribution in [3.8, 4) is 11.5 Å². The first-order chi connectivity index (χ1) is 12.5. The summed E-state index contributed by atoms with van der Waals surface area (Å²) < 4.78 is 10.8. The maximum atomic E-state index is 13.1. The largest absolute Gasteiger partial charge is 0.493 e. The molecule has 0 saturated carbocycles. The number of nitrogens with zero attached hydrogens (tertiary/aromatic N) is 1. The molecule has 0 fully saturated rings. The third-order valence-electron chi connectivity index (χ3n) is 4.55. The summed E-state index contributed by atoms with van der Waals surface area (Å²) in [7, 11) is 1.52. The first-order valence-electron chi connectivity index (χ1n) is 8.53. The van der Waals surface area contributed by atoms with E-state index in [0.717, 1.165) is 11.1 Å². The van der Waals surface area contributed by atoms with Crippen molar-refractivity contribution in [2.45, 2.75) is 25.9 Å². The molecule has 0 aliphatic carbocycles. The molecule has 2 aromatic rings. The predicted molar refractivity (Wildman–Crippen MR) is 97.2 cm³/mol. The van der Waals surface area contributed by atoms with Crippen LogP contribution >= 0.6 is 0 Å². The Kier molecular flexibility index (Phi) is 5.11. The van der Waals surface area contributed by atoms with E-state index < -0.39 is 11.9 Å². The van der Waals surface area contributed by atoms with Crippen molar-refractivity contribution in [3.63, 3.8) is 0 Å². The summed E-state index contributed by atoms with van der Waals surface area (Å²) in [5.41, 5.74) is 8.07. The number of carbonyl (C=O) groups is 2. The van der Waals surface area contributed by atoms with Crippen LogP contribution in [0.15, 0.2) is 42.5 Å². The van der Waals surface area contributed by atoms with Gasteiger partial charge in [-0.3, -0.25) is 9.59 Å². The number of ether oxygens (including phenoxy) is 2. The third kappa shape index (κ3) is 3.35. The van der Waals surface area contributed by atoms with E-state index in [2.05, 4.69) is 0 Å². The van der Waals surface area contributed by atoms with Gasteiger partial charge < -0.3 is 20.1 Å². The van der Waals surface area contributed by atoms with Gasteiger partial charge in [0.2, 0.25) is 5.91 Å². The van der Waals surface area contributed by atoms with Crippen LogP contribution in [0.2, 0.25) is 0 Å². The standard InChI is InChI=1S/C20H22N2O4/c1-3-26-17-9-8-14(11-18(17)25-2)20(24)22-12-15-7-5-4-6-13(15)10-16(22)19(21)23/h4-9,11,16H,3,10,12H2,1-2H3,(H2,21,23). The first kappa shape index (κ1) is 17.8. The number of primary amides is 1. The summed E-state index contributed by atoms with van der Waals surface area (Å²) in [5.74, 6) is 0.281. The van der Waals surface area contributed by atoms with Crippen LogP contribution in [-0.4, -0.2) is 36.5 Å². The minimum Gasteiger partial charge on any atom is -0.493 e. The lowest BCUT2D eigenvalue weighted by Crippen LogP contribution is -2.51. The fourth-order valence-corrected chi connectivity index (χ4v) is 3.23. The predicted octanol–water partition coefficient (Wildman–Crippen LogP) is 2.15. The molecular weight excluding hydrogens is 332 g/mol. The number of nitrogens with two attached hydrogens (primary N) is 1. The Balaban J connectivity index is 1.94. The molecule has 6 nitrogen and oxygen atoms in total. The van der Waals surface area contributed by atoms with Gasteiger partial charge in [-0.25, -0.2) is 0 Å². The van der Waals surface area contributed by atoms with Crippen molar-refractivity contribution in [1.82, 2.24) is 4.90 Å². The molecule has 2 amide bonds. The van der Waals surface area contributed by atoms with Crippen molar-refractivity contribution >= 4 is 11.8 Å². The van der Waals surface area contributed by atoms with Crippen LogP contribution in [0.1, 0.15) is 28.4 Å². The van der Waals surface area contributed by atoms with Gasteiger partial charge in [0, 0.05) is 18.5 Å². The molecule has 2 N–H and O–H groups in total. The van der Waals surface area contributed by atoms with Gasteiger partial charge in [-0.2, -0.15) is 0 Å². The molecule has 136 valence electrons. The summed E-state index contributed by atoms with van der Waals surface area (Å²) in [4.78, 5) is 26.6. The number of benzene rings is 2. The van der Waals surface area contributed by atoms with E-state index in [9.17, 15) is 9.59 Å². The van der Waals surface area contributed by atoms with Crippen molar-refractivity contribution in [2.24, 2.45) is 5.73 Å². The summed E-state index contributed by atoms with van der Waals surface area (Å²) in [5, 5.41) is 0. The number of hydrogen-bond donors (Lipinski definition) is 1. The number of methoxy groups -OCH3 is 1. The van der Waals surface area contributed by atoms with E-state index in [1.54, 1.807) is 18.2 Å². The number of rotatable bonds is 5. The van der Waals surface area contributed by atoms with Gasteiger partial charge in [0.05, 0.1) is 13.7 Å². The monoisotopic (exact) mass is 354 g/mol. The molecule has 0 saturated heterocycles. The third-order valence-corrected chi connectivity index (χ3v) is 4.55. The van der Waals surface area contributed by atoms with Crippen molar-refractivity contribution in [3.05, 3.63) is 59.2 Å². The van der Waals surface area contributed by atoms with Gasteiger partial charge in [-0.05, 0) is 36.2 Å². The Bertz CT molecular complexity index is 834. The molecule has 26 heavy (non-hydrogen) atoms. The fraction of sp³-hybridized carbons (Fsp3) is 0.300. The molecule has 1 aliphatic rings. The lowest BCUT2D eigenvalue weighted by atomic mass is 9.93. The highest BCUT2D eigenvalue weighted by Crippen LogP contribution is 2.30. The SMILES string of the molecule is CCOc1ccc(C(=O)N2Cc3ccccc3CC2C(N)=O)cc1OC. The Morgan fingerprint density at radius 2 is 1.88 bits per heavy atom.